The van der Waals surface area contributed by atoms with E-state index < -0.39 is 0 Å². The molecule has 0 saturated carbocycles. The Morgan fingerprint density at radius 1 is 0.586 bits per heavy atom. The quantitative estimate of drug-likeness (QED) is 0.123. The van der Waals surface area contributed by atoms with Crippen LogP contribution in [0.1, 0.15) is 129 Å². The first-order chi connectivity index (χ1) is 14.3. The van der Waals surface area contributed by atoms with Crippen molar-refractivity contribution in [1.29, 1.82) is 0 Å². The van der Waals surface area contributed by atoms with Crippen molar-refractivity contribution in [3.05, 3.63) is 30.3 Å². The second-order valence-electron chi connectivity index (χ2n) is 8.55. The van der Waals surface area contributed by atoms with Crippen LogP contribution in [0.4, 0.5) is 0 Å². The molecule has 2 heteroatoms. The average molecular weight is 403 g/mol. The molecule has 0 aliphatic carbocycles. The number of esters is 1. The molecule has 0 radical (unpaired) electrons. The zero-order valence-electron chi connectivity index (χ0n) is 19.1. The van der Waals surface area contributed by atoms with Gasteiger partial charge in [0.05, 0.1) is 0 Å². The molecular formula is C27H46O2. The van der Waals surface area contributed by atoms with Gasteiger partial charge in [0, 0.05) is 6.42 Å². The molecule has 0 heterocycles. The minimum atomic E-state index is -0.104. The summed E-state index contributed by atoms with van der Waals surface area (Å²) in [5, 5.41) is 0. The summed E-state index contributed by atoms with van der Waals surface area (Å²) >= 11 is 0. The number of unbranched alkanes of at least 4 members (excludes halogenated alkanes) is 17. The molecule has 0 atom stereocenters. The van der Waals surface area contributed by atoms with Crippen molar-refractivity contribution >= 4 is 5.97 Å². The monoisotopic (exact) mass is 402 g/mol. The van der Waals surface area contributed by atoms with Crippen molar-refractivity contribution in [2.24, 2.45) is 0 Å². The van der Waals surface area contributed by atoms with Gasteiger partial charge in [0.25, 0.3) is 0 Å². The third kappa shape index (κ3) is 17.3. The van der Waals surface area contributed by atoms with Gasteiger partial charge in [0.2, 0.25) is 0 Å². The minimum absolute atomic E-state index is 0.104. The van der Waals surface area contributed by atoms with Crippen LogP contribution >= 0.6 is 0 Å². The van der Waals surface area contributed by atoms with E-state index in [1.54, 1.807) is 0 Å². The normalized spacial score (nSPS) is 10.9. The van der Waals surface area contributed by atoms with Crippen molar-refractivity contribution < 1.29 is 9.53 Å². The van der Waals surface area contributed by atoms with E-state index in [1.807, 2.05) is 30.3 Å². The first kappa shape index (κ1) is 25.7. The topological polar surface area (TPSA) is 26.3 Å². The van der Waals surface area contributed by atoms with Crippen LogP contribution in [-0.4, -0.2) is 5.97 Å². The zero-order valence-corrected chi connectivity index (χ0v) is 19.1. The van der Waals surface area contributed by atoms with E-state index in [0.29, 0.717) is 12.2 Å². The highest BCUT2D eigenvalue weighted by atomic mass is 16.5. The number of ether oxygens (including phenoxy) is 1. The standard InChI is InChI=1S/C27H46O2/c1-2-3-4-5-6-7-8-9-10-11-12-13-14-15-16-17-18-22-25-27(28)29-26-23-20-19-21-24-26/h19-21,23-24H,2-18,22,25H2,1H3. The second-order valence-corrected chi connectivity index (χ2v) is 8.55. The van der Waals surface area contributed by atoms with Gasteiger partial charge in [0.15, 0.2) is 0 Å². The molecule has 0 aliphatic rings. The van der Waals surface area contributed by atoms with Gasteiger partial charge in [-0.2, -0.15) is 0 Å². The van der Waals surface area contributed by atoms with Crippen LogP contribution in [0.25, 0.3) is 0 Å². The number of para-hydroxylation sites is 1. The van der Waals surface area contributed by atoms with Gasteiger partial charge in [-0.3, -0.25) is 4.79 Å². The lowest BCUT2D eigenvalue weighted by atomic mass is 10.0. The lowest BCUT2D eigenvalue weighted by molar-refractivity contribution is -0.134. The summed E-state index contributed by atoms with van der Waals surface area (Å²) in [6.07, 6.45) is 25.1. The van der Waals surface area contributed by atoms with E-state index in [2.05, 4.69) is 6.92 Å². The van der Waals surface area contributed by atoms with Gasteiger partial charge in [-0.05, 0) is 18.6 Å². The molecule has 0 unspecified atom stereocenters. The summed E-state index contributed by atoms with van der Waals surface area (Å²) in [5.74, 6) is 0.549. The van der Waals surface area contributed by atoms with Gasteiger partial charge in [-0.25, -0.2) is 0 Å². The van der Waals surface area contributed by atoms with Gasteiger partial charge in [0.1, 0.15) is 5.75 Å². The molecule has 0 amide bonds. The van der Waals surface area contributed by atoms with Crippen LogP contribution in [0.5, 0.6) is 5.75 Å². The summed E-state index contributed by atoms with van der Waals surface area (Å²) in [7, 11) is 0. The van der Waals surface area contributed by atoms with Crippen molar-refractivity contribution in [2.45, 2.75) is 129 Å². The van der Waals surface area contributed by atoms with Crippen LogP contribution in [-0.2, 0) is 4.79 Å². The summed E-state index contributed by atoms with van der Waals surface area (Å²) in [5.41, 5.74) is 0. The number of benzene rings is 1. The van der Waals surface area contributed by atoms with Crippen molar-refractivity contribution in [2.75, 3.05) is 0 Å². The number of hydrogen-bond acceptors (Lipinski definition) is 2. The highest BCUT2D eigenvalue weighted by Crippen LogP contribution is 2.15. The third-order valence-electron chi connectivity index (χ3n) is 5.71. The maximum Gasteiger partial charge on any atom is 0.311 e. The van der Waals surface area contributed by atoms with E-state index in [1.165, 1.54) is 103 Å². The summed E-state index contributed by atoms with van der Waals surface area (Å²) < 4.78 is 5.31. The Bertz CT molecular complexity index is 469. The molecule has 0 fully saturated rings. The molecule has 1 aromatic rings. The first-order valence-corrected chi connectivity index (χ1v) is 12.6. The maximum absolute atomic E-state index is 11.8. The average Bonchev–Trinajstić information content (AvgIpc) is 2.73. The van der Waals surface area contributed by atoms with Crippen molar-refractivity contribution in [3.8, 4) is 5.75 Å². The lowest BCUT2D eigenvalue weighted by Gasteiger charge is -2.05. The number of carbonyl (C=O) groups is 1. The Morgan fingerprint density at radius 2 is 0.966 bits per heavy atom. The van der Waals surface area contributed by atoms with Crippen molar-refractivity contribution in [3.63, 3.8) is 0 Å². The fraction of sp³-hybridized carbons (Fsp3) is 0.741. The van der Waals surface area contributed by atoms with Crippen LogP contribution in [0.2, 0.25) is 0 Å². The van der Waals surface area contributed by atoms with E-state index in [-0.39, 0.29) is 5.97 Å². The number of rotatable bonds is 20. The zero-order chi connectivity index (χ0) is 20.8. The van der Waals surface area contributed by atoms with Crippen molar-refractivity contribution in [1.82, 2.24) is 0 Å². The van der Waals surface area contributed by atoms with E-state index in [9.17, 15) is 4.79 Å². The highest BCUT2D eigenvalue weighted by Gasteiger charge is 2.04. The molecule has 0 aromatic heterocycles. The molecule has 29 heavy (non-hydrogen) atoms. The molecule has 0 aliphatic heterocycles. The molecule has 0 saturated heterocycles. The SMILES string of the molecule is CCCCCCCCCCCCCCCCCCCCC(=O)Oc1ccccc1. The highest BCUT2D eigenvalue weighted by molar-refractivity contribution is 5.72. The van der Waals surface area contributed by atoms with E-state index in [4.69, 9.17) is 4.74 Å². The Labute approximate surface area is 180 Å². The molecule has 2 nitrogen and oxygen atoms in total. The fourth-order valence-electron chi connectivity index (χ4n) is 3.84. The van der Waals surface area contributed by atoms with Gasteiger partial charge in [-0.15, -0.1) is 0 Å². The molecule has 1 rings (SSSR count). The molecule has 0 N–H and O–H groups in total. The summed E-state index contributed by atoms with van der Waals surface area (Å²) in [6.45, 7) is 2.29. The number of carbonyl (C=O) groups excluding carboxylic acids is 1. The Hall–Kier alpha value is -1.31. The summed E-state index contributed by atoms with van der Waals surface area (Å²) in [4.78, 5) is 11.8. The van der Waals surface area contributed by atoms with E-state index >= 15 is 0 Å². The smallest absolute Gasteiger partial charge is 0.311 e. The van der Waals surface area contributed by atoms with Gasteiger partial charge >= 0.3 is 5.97 Å². The maximum atomic E-state index is 11.8. The Morgan fingerprint density at radius 3 is 1.38 bits per heavy atom. The van der Waals surface area contributed by atoms with Crippen LogP contribution in [0, 0.1) is 0 Å². The molecule has 0 bridgehead atoms. The third-order valence-corrected chi connectivity index (χ3v) is 5.71. The fourth-order valence-corrected chi connectivity index (χ4v) is 3.84. The molecule has 166 valence electrons. The minimum Gasteiger partial charge on any atom is -0.427 e. The van der Waals surface area contributed by atoms with Crippen LogP contribution < -0.4 is 4.74 Å². The first-order valence-electron chi connectivity index (χ1n) is 12.6. The predicted molar refractivity (Wildman–Crippen MR) is 125 cm³/mol. The molecular weight excluding hydrogens is 356 g/mol. The number of hydrogen-bond donors (Lipinski definition) is 0. The largest absolute Gasteiger partial charge is 0.427 e. The lowest BCUT2D eigenvalue weighted by Crippen LogP contribution is -2.07. The van der Waals surface area contributed by atoms with Crippen LogP contribution in [0.3, 0.4) is 0 Å². The van der Waals surface area contributed by atoms with E-state index in [0.717, 1.165) is 12.8 Å². The molecule has 1 aromatic carbocycles. The Balaban J connectivity index is 1.73. The Kier molecular flexibility index (Phi) is 17.7. The predicted octanol–water partition coefficient (Wildman–Crippen LogP) is 9.02. The molecule has 0 spiro atoms. The summed E-state index contributed by atoms with van der Waals surface area (Å²) in [6, 6.07) is 9.35. The van der Waals surface area contributed by atoms with Gasteiger partial charge in [-0.1, -0.05) is 134 Å². The second kappa shape index (κ2) is 20.0. The van der Waals surface area contributed by atoms with Gasteiger partial charge < -0.3 is 4.74 Å². The van der Waals surface area contributed by atoms with Crippen LogP contribution in [0.15, 0.2) is 30.3 Å².